The molecule has 2 heterocycles. The van der Waals surface area contributed by atoms with Crippen LogP contribution in [0.15, 0.2) is 47.0 Å². The quantitative estimate of drug-likeness (QED) is 0.395. The van der Waals surface area contributed by atoms with Crippen molar-refractivity contribution in [3.63, 3.8) is 0 Å². The Kier molecular flexibility index (Phi) is 7.90. The average Bonchev–Trinajstić information content (AvgIpc) is 3.15. The van der Waals surface area contributed by atoms with Gasteiger partial charge in [-0.05, 0) is 37.3 Å². The summed E-state index contributed by atoms with van der Waals surface area (Å²) in [4.78, 5) is 17.0. The molecular formula is C22H19Cl3F3N3O3. The van der Waals surface area contributed by atoms with Crippen LogP contribution >= 0.6 is 35.6 Å². The molecule has 182 valence electrons. The van der Waals surface area contributed by atoms with Gasteiger partial charge in [0.1, 0.15) is 22.8 Å². The largest absolute Gasteiger partial charge is 0.573 e. The summed E-state index contributed by atoms with van der Waals surface area (Å²) in [5, 5.41) is 4.77. The Morgan fingerprint density at radius 2 is 1.74 bits per heavy atom. The number of amides is 1. The zero-order chi connectivity index (χ0) is 23.8. The molecule has 0 N–H and O–H groups in total. The van der Waals surface area contributed by atoms with Crippen LogP contribution in [-0.4, -0.2) is 48.5 Å². The number of aryl methyl sites for hydroxylation is 1. The highest BCUT2D eigenvalue weighted by molar-refractivity contribution is 6.42. The van der Waals surface area contributed by atoms with Gasteiger partial charge in [0.15, 0.2) is 0 Å². The Morgan fingerprint density at radius 3 is 2.38 bits per heavy atom. The van der Waals surface area contributed by atoms with Crippen LogP contribution in [0.2, 0.25) is 10.0 Å². The van der Waals surface area contributed by atoms with Gasteiger partial charge in [-0.2, -0.15) is 0 Å². The molecule has 34 heavy (non-hydrogen) atoms. The van der Waals surface area contributed by atoms with Crippen LogP contribution in [0.3, 0.4) is 0 Å². The van der Waals surface area contributed by atoms with Crippen molar-refractivity contribution >= 4 is 47.2 Å². The Morgan fingerprint density at radius 1 is 1.06 bits per heavy atom. The lowest BCUT2D eigenvalue weighted by molar-refractivity contribution is -0.274. The summed E-state index contributed by atoms with van der Waals surface area (Å²) >= 11 is 12.1. The number of hydrogen-bond acceptors (Lipinski definition) is 5. The van der Waals surface area contributed by atoms with E-state index >= 15 is 0 Å². The van der Waals surface area contributed by atoms with E-state index in [9.17, 15) is 18.0 Å². The molecule has 0 spiro atoms. The molecule has 0 bridgehead atoms. The maximum Gasteiger partial charge on any atom is 0.573 e. The molecular weight excluding hydrogens is 518 g/mol. The molecule has 1 fully saturated rings. The molecule has 0 atom stereocenters. The van der Waals surface area contributed by atoms with Crippen LogP contribution in [0.1, 0.15) is 16.1 Å². The average molecular weight is 537 g/mol. The molecule has 0 aliphatic carbocycles. The second-order valence-corrected chi connectivity index (χ2v) is 8.20. The number of alkyl halides is 3. The smallest absolute Gasteiger partial charge is 0.405 e. The van der Waals surface area contributed by atoms with E-state index in [1.165, 1.54) is 18.2 Å². The molecule has 1 saturated heterocycles. The number of halogens is 6. The SMILES string of the molecule is Cc1onc(-c2ccccc2OC(F)(F)F)c1C(=O)N1CCN(c2ccc(Cl)c(Cl)c2)CC1.Cl. The van der Waals surface area contributed by atoms with Crippen molar-refractivity contribution in [3.8, 4) is 17.0 Å². The fourth-order valence-corrected chi connectivity index (χ4v) is 3.98. The second-order valence-electron chi connectivity index (χ2n) is 7.38. The molecule has 0 radical (unpaired) electrons. The van der Waals surface area contributed by atoms with Gasteiger partial charge in [-0.1, -0.05) is 40.5 Å². The number of aromatic nitrogens is 1. The third-order valence-electron chi connectivity index (χ3n) is 5.28. The van der Waals surface area contributed by atoms with Gasteiger partial charge in [-0.25, -0.2) is 0 Å². The van der Waals surface area contributed by atoms with E-state index in [-0.39, 0.29) is 40.9 Å². The number of hydrogen-bond donors (Lipinski definition) is 0. The maximum atomic E-state index is 13.3. The van der Waals surface area contributed by atoms with Crippen LogP contribution in [0.25, 0.3) is 11.3 Å². The number of carbonyl (C=O) groups excluding carboxylic acids is 1. The predicted octanol–water partition coefficient (Wildman–Crippen LogP) is 6.24. The Labute approximate surface area is 209 Å². The van der Waals surface area contributed by atoms with Crippen molar-refractivity contribution in [3.05, 3.63) is 63.8 Å². The predicted molar refractivity (Wildman–Crippen MR) is 125 cm³/mol. The lowest BCUT2D eigenvalue weighted by Crippen LogP contribution is -2.49. The van der Waals surface area contributed by atoms with Gasteiger partial charge < -0.3 is 19.1 Å². The van der Waals surface area contributed by atoms with Crippen molar-refractivity contribution < 1.29 is 27.2 Å². The summed E-state index contributed by atoms with van der Waals surface area (Å²) in [6, 6.07) is 10.8. The zero-order valence-electron chi connectivity index (χ0n) is 17.7. The Hall–Kier alpha value is -2.62. The van der Waals surface area contributed by atoms with Crippen molar-refractivity contribution in [2.45, 2.75) is 13.3 Å². The minimum atomic E-state index is -4.89. The Bertz CT molecular complexity index is 1180. The third kappa shape index (κ3) is 5.54. The number of benzene rings is 2. The van der Waals surface area contributed by atoms with Crippen LogP contribution in [0, 0.1) is 6.92 Å². The lowest BCUT2D eigenvalue weighted by Gasteiger charge is -2.36. The van der Waals surface area contributed by atoms with Crippen LogP contribution in [0.5, 0.6) is 5.75 Å². The highest BCUT2D eigenvalue weighted by Gasteiger charge is 2.34. The van der Waals surface area contributed by atoms with Gasteiger partial charge in [-0.15, -0.1) is 25.6 Å². The summed E-state index contributed by atoms with van der Waals surface area (Å²) in [5.74, 6) is -0.625. The van der Waals surface area contributed by atoms with Crippen LogP contribution in [-0.2, 0) is 0 Å². The van der Waals surface area contributed by atoms with Gasteiger partial charge in [-0.3, -0.25) is 4.79 Å². The minimum absolute atomic E-state index is 0. The lowest BCUT2D eigenvalue weighted by atomic mass is 10.0. The number of piperazine rings is 1. The molecule has 6 nitrogen and oxygen atoms in total. The molecule has 1 aliphatic rings. The molecule has 2 aromatic carbocycles. The number of rotatable bonds is 4. The highest BCUT2D eigenvalue weighted by Crippen LogP contribution is 2.36. The van der Waals surface area contributed by atoms with Gasteiger partial charge in [0.2, 0.25) is 0 Å². The van der Waals surface area contributed by atoms with Gasteiger partial charge in [0, 0.05) is 37.4 Å². The minimum Gasteiger partial charge on any atom is -0.405 e. The first-order chi connectivity index (χ1) is 15.6. The summed E-state index contributed by atoms with van der Waals surface area (Å²) in [6.45, 7) is 3.41. The van der Waals surface area contributed by atoms with Crippen LogP contribution in [0.4, 0.5) is 18.9 Å². The standard InChI is InChI=1S/C22H18Cl2F3N3O3.ClH/c1-13-19(20(28-33-13)15-4-2-3-5-18(15)32-22(25,26)27)21(31)30-10-8-29(9-11-30)14-6-7-16(23)17(24)12-14;/h2-7,12H,8-11H2,1H3;1H. The maximum absolute atomic E-state index is 13.3. The number of ether oxygens (including phenoxy) is 1. The molecule has 4 rings (SSSR count). The first-order valence-electron chi connectivity index (χ1n) is 9.95. The third-order valence-corrected chi connectivity index (χ3v) is 6.02. The number of nitrogens with zero attached hydrogens (tertiary/aromatic N) is 3. The van der Waals surface area contributed by atoms with Crippen molar-refractivity contribution in [1.29, 1.82) is 0 Å². The number of para-hydroxylation sites is 1. The first kappa shape index (κ1) is 26.0. The monoisotopic (exact) mass is 535 g/mol. The highest BCUT2D eigenvalue weighted by atomic mass is 35.5. The molecule has 1 aromatic heterocycles. The number of carbonyl (C=O) groups is 1. The van der Waals surface area contributed by atoms with E-state index in [1.807, 2.05) is 6.07 Å². The molecule has 1 amide bonds. The topological polar surface area (TPSA) is 58.8 Å². The van der Waals surface area contributed by atoms with Gasteiger partial charge in [0.25, 0.3) is 5.91 Å². The summed E-state index contributed by atoms with van der Waals surface area (Å²) in [5.41, 5.74) is 1.02. The van der Waals surface area contributed by atoms with E-state index in [0.29, 0.717) is 36.2 Å². The van der Waals surface area contributed by atoms with E-state index in [1.54, 1.807) is 24.0 Å². The van der Waals surface area contributed by atoms with Gasteiger partial charge >= 0.3 is 6.36 Å². The molecule has 1 aliphatic heterocycles. The first-order valence-corrected chi connectivity index (χ1v) is 10.7. The zero-order valence-corrected chi connectivity index (χ0v) is 20.1. The second kappa shape index (κ2) is 10.3. The van der Waals surface area contributed by atoms with E-state index in [0.717, 1.165) is 11.8 Å². The van der Waals surface area contributed by atoms with E-state index in [2.05, 4.69) is 14.8 Å². The van der Waals surface area contributed by atoms with Crippen LogP contribution < -0.4 is 9.64 Å². The molecule has 0 unspecified atom stereocenters. The fourth-order valence-electron chi connectivity index (χ4n) is 3.69. The fraction of sp³-hybridized carbons (Fsp3) is 0.273. The summed E-state index contributed by atoms with van der Waals surface area (Å²) in [6.07, 6.45) is -4.89. The molecule has 0 saturated carbocycles. The van der Waals surface area contributed by atoms with Crippen molar-refractivity contribution in [2.75, 3.05) is 31.1 Å². The Balaban J connectivity index is 0.00000324. The summed E-state index contributed by atoms with van der Waals surface area (Å²) < 4.78 is 47.9. The van der Waals surface area contributed by atoms with Gasteiger partial charge in [0.05, 0.1) is 10.0 Å². The molecule has 12 heteroatoms. The number of anilines is 1. The summed E-state index contributed by atoms with van der Waals surface area (Å²) in [7, 11) is 0. The normalized spacial score (nSPS) is 14.1. The van der Waals surface area contributed by atoms with Crippen molar-refractivity contribution in [1.82, 2.24) is 10.1 Å². The molecule has 3 aromatic rings. The van der Waals surface area contributed by atoms with E-state index in [4.69, 9.17) is 27.7 Å². The van der Waals surface area contributed by atoms with Crippen molar-refractivity contribution in [2.24, 2.45) is 0 Å². The van der Waals surface area contributed by atoms with E-state index < -0.39 is 12.1 Å².